The van der Waals surface area contributed by atoms with Crippen molar-refractivity contribution in [3.05, 3.63) is 122 Å². The maximum Gasteiger partial charge on any atom is 0.306 e. The van der Waals surface area contributed by atoms with E-state index in [1.165, 1.54) is 57.8 Å². The lowest BCUT2D eigenvalue weighted by atomic mass is 10.1. The van der Waals surface area contributed by atoms with Crippen LogP contribution in [0.15, 0.2) is 122 Å². The van der Waals surface area contributed by atoms with E-state index in [9.17, 15) is 14.4 Å². The molecular formula is C57H90O6. The van der Waals surface area contributed by atoms with E-state index < -0.39 is 6.10 Å². The van der Waals surface area contributed by atoms with Crippen molar-refractivity contribution in [1.82, 2.24) is 0 Å². The van der Waals surface area contributed by atoms with Crippen LogP contribution in [0.5, 0.6) is 0 Å². The molecule has 6 nitrogen and oxygen atoms in total. The second-order valence-corrected chi connectivity index (χ2v) is 16.0. The van der Waals surface area contributed by atoms with Crippen LogP contribution in [0, 0.1) is 0 Å². The number of allylic oxidation sites excluding steroid dienone is 20. The van der Waals surface area contributed by atoms with Gasteiger partial charge in [-0.25, -0.2) is 0 Å². The Hall–Kier alpha value is -4.19. The zero-order valence-corrected chi connectivity index (χ0v) is 40.3. The fraction of sp³-hybridized carbons (Fsp3) is 0.596. The third-order valence-electron chi connectivity index (χ3n) is 10.0. The van der Waals surface area contributed by atoms with E-state index in [4.69, 9.17) is 14.2 Å². The molecule has 63 heavy (non-hydrogen) atoms. The SMILES string of the molecule is CC/C=C/C=C/C=C/C=C/CCCCCC(=O)OCC(COC(=O)CC/C=C/C/C=C/C/C=C/C/C=C/C/C=C/CC)OC(=O)CCCCCCC/C=C/CCCCCCCCC. The first kappa shape index (κ1) is 58.8. The Morgan fingerprint density at radius 2 is 0.730 bits per heavy atom. The first-order valence-corrected chi connectivity index (χ1v) is 25.1. The highest BCUT2D eigenvalue weighted by Crippen LogP contribution is 2.12. The molecule has 0 aromatic rings. The van der Waals surface area contributed by atoms with Crippen molar-refractivity contribution in [2.24, 2.45) is 0 Å². The van der Waals surface area contributed by atoms with Gasteiger partial charge < -0.3 is 14.2 Å². The van der Waals surface area contributed by atoms with Crippen LogP contribution in [-0.2, 0) is 28.6 Å². The lowest BCUT2D eigenvalue weighted by molar-refractivity contribution is -0.166. The monoisotopic (exact) mass is 871 g/mol. The van der Waals surface area contributed by atoms with Crippen LogP contribution in [0.3, 0.4) is 0 Å². The molecule has 0 aromatic carbocycles. The Kier molecular flexibility index (Phi) is 47.1. The molecule has 0 aromatic heterocycles. The smallest absolute Gasteiger partial charge is 0.306 e. The summed E-state index contributed by atoms with van der Waals surface area (Å²) < 4.78 is 16.7. The molecule has 0 amide bonds. The molecule has 354 valence electrons. The van der Waals surface area contributed by atoms with Gasteiger partial charge in [0.15, 0.2) is 6.10 Å². The van der Waals surface area contributed by atoms with Crippen molar-refractivity contribution in [3.8, 4) is 0 Å². The summed E-state index contributed by atoms with van der Waals surface area (Å²) in [6, 6.07) is 0. The summed E-state index contributed by atoms with van der Waals surface area (Å²) in [4.78, 5) is 37.9. The maximum absolute atomic E-state index is 12.8. The molecule has 1 unspecified atom stereocenters. The normalized spacial score (nSPS) is 13.1. The average molecular weight is 871 g/mol. The number of hydrogen-bond acceptors (Lipinski definition) is 6. The highest BCUT2D eigenvalue weighted by Gasteiger charge is 2.19. The van der Waals surface area contributed by atoms with E-state index >= 15 is 0 Å². The fourth-order valence-corrected chi connectivity index (χ4v) is 6.32. The number of hydrogen-bond donors (Lipinski definition) is 0. The van der Waals surface area contributed by atoms with Crippen LogP contribution < -0.4 is 0 Å². The number of rotatable bonds is 43. The second kappa shape index (κ2) is 50.5. The summed E-state index contributed by atoms with van der Waals surface area (Å²) in [5, 5.41) is 0. The third kappa shape index (κ3) is 48.7. The van der Waals surface area contributed by atoms with Crippen molar-refractivity contribution in [2.45, 2.75) is 207 Å². The van der Waals surface area contributed by atoms with E-state index in [2.05, 4.69) is 93.7 Å². The van der Waals surface area contributed by atoms with Gasteiger partial charge >= 0.3 is 17.9 Å². The molecule has 0 aliphatic rings. The van der Waals surface area contributed by atoms with Gasteiger partial charge in [-0.1, -0.05) is 206 Å². The summed E-state index contributed by atoms with van der Waals surface area (Å²) in [7, 11) is 0. The van der Waals surface area contributed by atoms with Gasteiger partial charge in [-0.3, -0.25) is 14.4 Å². The van der Waals surface area contributed by atoms with E-state index in [0.717, 1.165) is 96.3 Å². The molecule has 6 heteroatoms. The molecule has 0 bridgehead atoms. The number of esters is 3. The Morgan fingerprint density at radius 3 is 1.27 bits per heavy atom. The van der Waals surface area contributed by atoms with Crippen molar-refractivity contribution in [1.29, 1.82) is 0 Å². The van der Waals surface area contributed by atoms with Crippen LogP contribution >= 0.6 is 0 Å². The molecule has 0 spiro atoms. The fourth-order valence-electron chi connectivity index (χ4n) is 6.32. The van der Waals surface area contributed by atoms with Crippen LogP contribution in [0.2, 0.25) is 0 Å². The summed E-state index contributed by atoms with van der Waals surface area (Å²) in [6.45, 7) is 6.25. The minimum atomic E-state index is -0.831. The summed E-state index contributed by atoms with van der Waals surface area (Å²) in [6.07, 6.45) is 69.1. The highest BCUT2D eigenvalue weighted by molar-refractivity contribution is 5.71. The van der Waals surface area contributed by atoms with Crippen molar-refractivity contribution in [3.63, 3.8) is 0 Å². The van der Waals surface area contributed by atoms with Crippen LogP contribution in [-0.4, -0.2) is 37.2 Å². The molecule has 0 fully saturated rings. The molecule has 0 rings (SSSR count). The van der Waals surface area contributed by atoms with Gasteiger partial charge in [0.1, 0.15) is 13.2 Å². The molecule has 0 saturated carbocycles. The lowest BCUT2D eigenvalue weighted by Crippen LogP contribution is -2.30. The summed E-state index contributed by atoms with van der Waals surface area (Å²) in [5.41, 5.74) is 0. The molecule has 1 atom stereocenters. The minimum Gasteiger partial charge on any atom is -0.462 e. The van der Waals surface area contributed by atoms with Gasteiger partial charge in [0, 0.05) is 19.3 Å². The summed E-state index contributed by atoms with van der Waals surface area (Å²) >= 11 is 0. The molecule has 0 heterocycles. The van der Waals surface area contributed by atoms with Crippen molar-refractivity contribution >= 4 is 17.9 Å². The first-order valence-electron chi connectivity index (χ1n) is 25.1. The standard InChI is InChI=1S/C57H90O6/c1-4-7-10-13-16-19-22-25-27-29-32-35-38-41-44-47-50-56(59)62-53-54(52-61-55(58)49-46-43-40-37-34-31-24-21-18-15-12-9-6-3)63-57(60)51-48-45-42-39-36-33-30-28-26-23-20-17-14-11-8-5-2/h7,9-10,12,15-16,18-19,21,24-25,27-28,30-32,34-35,41,44,54H,4-6,8,11,13-14,17,20,22-23,26,29,33,36-40,42-43,45-53H2,1-3H3/b10-7+,12-9+,18-15+,19-16+,24-21+,27-25+,30-28+,34-31+,35-32+,44-41+. The van der Waals surface area contributed by atoms with Crippen LogP contribution in [0.1, 0.15) is 201 Å². The third-order valence-corrected chi connectivity index (χ3v) is 10.0. The number of carbonyl (C=O) groups is 3. The Balaban J connectivity index is 4.58. The minimum absolute atomic E-state index is 0.128. The quantitative estimate of drug-likeness (QED) is 0.0200. The lowest BCUT2D eigenvalue weighted by Gasteiger charge is -2.18. The van der Waals surface area contributed by atoms with Gasteiger partial charge in [-0.05, 0) is 96.3 Å². The van der Waals surface area contributed by atoms with Gasteiger partial charge in [-0.15, -0.1) is 0 Å². The van der Waals surface area contributed by atoms with E-state index in [1.807, 2.05) is 48.6 Å². The van der Waals surface area contributed by atoms with Crippen molar-refractivity contribution < 1.29 is 28.6 Å². The van der Waals surface area contributed by atoms with Crippen molar-refractivity contribution in [2.75, 3.05) is 13.2 Å². The zero-order chi connectivity index (χ0) is 45.8. The average Bonchev–Trinajstić information content (AvgIpc) is 3.28. The van der Waals surface area contributed by atoms with Gasteiger partial charge in [0.2, 0.25) is 0 Å². The molecule has 0 aliphatic heterocycles. The zero-order valence-electron chi connectivity index (χ0n) is 40.3. The van der Waals surface area contributed by atoms with Gasteiger partial charge in [0.25, 0.3) is 0 Å². The molecule has 0 radical (unpaired) electrons. The van der Waals surface area contributed by atoms with E-state index in [0.29, 0.717) is 12.8 Å². The molecular weight excluding hydrogens is 781 g/mol. The van der Waals surface area contributed by atoms with Crippen LogP contribution in [0.25, 0.3) is 0 Å². The molecule has 0 N–H and O–H groups in total. The topological polar surface area (TPSA) is 78.9 Å². The first-order chi connectivity index (χ1) is 31.0. The molecule has 0 saturated heterocycles. The second-order valence-electron chi connectivity index (χ2n) is 16.0. The Labute approximate surface area is 386 Å². The van der Waals surface area contributed by atoms with Gasteiger partial charge in [0.05, 0.1) is 0 Å². The van der Waals surface area contributed by atoms with Crippen LogP contribution in [0.4, 0.5) is 0 Å². The summed E-state index contributed by atoms with van der Waals surface area (Å²) in [5.74, 6) is -1.07. The Bertz CT molecular complexity index is 1370. The van der Waals surface area contributed by atoms with E-state index in [1.54, 1.807) is 0 Å². The predicted molar refractivity (Wildman–Crippen MR) is 269 cm³/mol. The van der Waals surface area contributed by atoms with Gasteiger partial charge in [-0.2, -0.15) is 0 Å². The number of unbranched alkanes of at least 4 members (excludes halogenated alkanes) is 15. The van der Waals surface area contributed by atoms with E-state index in [-0.39, 0.29) is 44.0 Å². The number of ether oxygens (including phenoxy) is 3. The number of carbonyl (C=O) groups excluding carboxylic acids is 3. The Morgan fingerprint density at radius 1 is 0.349 bits per heavy atom. The largest absolute Gasteiger partial charge is 0.462 e. The maximum atomic E-state index is 12.8. The highest BCUT2D eigenvalue weighted by atomic mass is 16.6. The predicted octanol–water partition coefficient (Wildman–Crippen LogP) is 16.5. The molecule has 0 aliphatic carbocycles.